The number of nitro groups is 1. The second kappa shape index (κ2) is 4.59. The average Bonchev–Trinajstić information content (AvgIpc) is 2.73. The number of benzene rings is 1. The zero-order chi connectivity index (χ0) is 14.2. The molecule has 1 aliphatic rings. The third kappa shape index (κ3) is 2.56. The Labute approximate surface area is 108 Å². The van der Waals surface area contributed by atoms with Gasteiger partial charge < -0.3 is 4.90 Å². The Morgan fingerprint density at radius 2 is 2.05 bits per heavy atom. The summed E-state index contributed by atoms with van der Waals surface area (Å²) in [6.45, 7) is 0.352. The number of carbonyl (C=O) groups excluding carboxylic acids is 1. The molecule has 1 aromatic carbocycles. The van der Waals surface area contributed by atoms with Gasteiger partial charge in [0.25, 0.3) is 15.8 Å². The second-order valence-corrected chi connectivity index (χ2v) is 5.45. The van der Waals surface area contributed by atoms with Gasteiger partial charge in [0.15, 0.2) is 0 Å². The molecule has 0 atom stereocenters. The van der Waals surface area contributed by atoms with Gasteiger partial charge in [-0.15, -0.1) is 0 Å². The number of hydrogen-bond donors (Lipinski definition) is 1. The SMILES string of the molecule is O=C1CCCN1c1ccc(S(=O)(=O)O)cc1[N+](=O)[O-]. The number of nitro benzene ring substituents is 1. The van der Waals surface area contributed by atoms with E-state index in [9.17, 15) is 23.3 Å². The lowest BCUT2D eigenvalue weighted by atomic mass is 10.2. The van der Waals surface area contributed by atoms with Crippen molar-refractivity contribution in [2.24, 2.45) is 0 Å². The first-order valence-corrected chi connectivity index (χ1v) is 6.81. The van der Waals surface area contributed by atoms with Crippen LogP contribution in [0.15, 0.2) is 23.1 Å². The monoisotopic (exact) mass is 286 g/mol. The van der Waals surface area contributed by atoms with E-state index < -0.39 is 25.6 Å². The van der Waals surface area contributed by atoms with E-state index >= 15 is 0 Å². The lowest BCUT2D eigenvalue weighted by Gasteiger charge is -2.15. The van der Waals surface area contributed by atoms with Crippen LogP contribution >= 0.6 is 0 Å². The second-order valence-electron chi connectivity index (χ2n) is 4.03. The summed E-state index contributed by atoms with van der Waals surface area (Å²) in [5, 5.41) is 11.0. The van der Waals surface area contributed by atoms with Gasteiger partial charge in [-0.2, -0.15) is 8.42 Å². The predicted octanol–water partition coefficient (Wildman–Crippen LogP) is 0.968. The van der Waals surface area contributed by atoms with E-state index in [4.69, 9.17) is 4.55 Å². The van der Waals surface area contributed by atoms with E-state index in [-0.39, 0.29) is 11.6 Å². The van der Waals surface area contributed by atoms with E-state index in [0.29, 0.717) is 19.4 Å². The van der Waals surface area contributed by atoms with Gasteiger partial charge >= 0.3 is 0 Å². The number of carbonyl (C=O) groups is 1. The van der Waals surface area contributed by atoms with Crippen molar-refractivity contribution in [1.29, 1.82) is 0 Å². The molecule has 19 heavy (non-hydrogen) atoms. The molecule has 0 aromatic heterocycles. The first-order chi connectivity index (χ1) is 8.80. The molecule has 1 heterocycles. The lowest BCUT2D eigenvalue weighted by Crippen LogP contribution is -2.24. The fraction of sp³-hybridized carbons (Fsp3) is 0.300. The molecule has 102 valence electrons. The molecule has 0 radical (unpaired) electrons. The highest BCUT2D eigenvalue weighted by atomic mass is 32.2. The number of hydrogen-bond acceptors (Lipinski definition) is 5. The molecule has 2 rings (SSSR count). The summed E-state index contributed by atoms with van der Waals surface area (Å²) < 4.78 is 30.8. The van der Waals surface area contributed by atoms with Crippen LogP contribution in [0.3, 0.4) is 0 Å². The van der Waals surface area contributed by atoms with Crippen LogP contribution < -0.4 is 4.90 Å². The van der Waals surface area contributed by atoms with Gasteiger partial charge in [-0.05, 0) is 18.6 Å². The van der Waals surface area contributed by atoms with Gasteiger partial charge in [-0.3, -0.25) is 19.5 Å². The fourth-order valence-corrected chi connectivity index (χ4v) is 2.44. The molecular formula is C10H10N2O6S. The van der Waals surface area contributed by atoms with Gasteiger partial charge in [0, 0.05) is 19.0 Å². The van der Waals surface area contributed by atoms with Crippen molar-refractivity contribution in [2.75, 3.05) is 11.4 Å². The van der Waals surface area contributed by atoms with Gasteiger partial charge in [0.05, 0.1) is 4.92 Å². The number of nitrogens with zero attached hydrogens (tertiary/aromatic N) is 2. The summed E-state index contributed by atoms with van der Waals surface area (Å²) >= 11 is 0. The summed E-state index contributed by atoms with van der Waals surface area (Å²) in [6, 6.07) is 2.93. The molecule has 1 fully saturated rings. The Balaban J connectivity index is 2.56. The molecule has 1 aromatic rings. The molecule has 1 saturated heterocycles. The van der Waals surface area contributed by atoms with Crippen LogP contribution in [0.2, 0.25) is 0 Å². The standard InChI is InChI=1S/C10H10N2O6S/c13-10-2-1-5-11(10)8-4-3-7(19(16,17)18)6-9(8)12(14)15/h3-4,6H,1-2,5H2,(H,16,17,18). The summed E-state index contributed by atoms with van der Waals surface area (Å²) in [6.07, 6.45) is 0.896. The maximum absolute atomic E-state index is 11.6. The minimum atomic E-state index is -4.52. The van der Waals surface area contributed by atoms with Gasteiger partial charge in [-0.1, -0.05) is 0 Å². The minimum absolute atomic E-state index is 0.0416. The van der Waals surface area contributed by atoms with Crippen LogP contribution in [-0.4, -0.2) is 30.3 Å². The highest BCUT2D eigenvalue weighted by molar-refractivity contribution is 7.85. The smallest absolute Gasteiger partial charge is 0.294 e. The first-order valence-electron chi connectivity index (χ1n) is 5.37. The van der Waals surface area contributed by atoms with E-state index in [1.54, 1.807) is 0 Å². The van der Waals surface area contributed by atoms with E-state index in [1.807, 2.05) is 0 Å². The van der Waals surface area contributed by atoms with Crippen molar-refractivity contribution in [3.05, 3.63) is 28.3 Å². The van der Waals surface area contributed by atoms with Gasteiger partial charge in [-0.25, -0.2) is 0 Å². The van der Waals surface area contributed by atoms with Crippen LogP contribution in [0.5, 0.6) is 0 Å². The zero-order valence-electron chi connectivity index (χ0n) is 9.64. The topological polar surface area (TPSA) is 118 Å². The Kier molecular flexibility index (Phi) is 3.25. The normalized spacial score (nSPS) is 15.8. The van der Waals surface area contributed by atoms with Crippen molar-refractivity contribution < 1.29 is 22.7 Å². The van der Waals surface area contributed by atoms with Crippen molar-refractivity contribution in [2.45, 2.75) is 17.7 Å². The van der Waals surface area contributed by atoms with E-state index in [2.05, 4.69) is 0 Å². The van der Waals surface area contributed by atoms with Crippen LogP contribution in [0.1, 0.15) is 12.8 Å². The molecule has 1 aliphatic heterocycles. The molecule has 1 N–H and O–H groups in total. The molecule has 0 unspecified atom stereocenters. The Morgan fingerprint density at radius 3 is 2.53 bits per heavy atom. The summed E-state index contributed by atoms with van der Waals surface area (Å²) in [5.41, 5.74) is -0.481. The maximum Gasteiger partial charge on any atom is 0.294 e. The number of amides is 1. The lowest BCUT2D eigenvalue weighted by molar-refractivity contribution is -0.384. The Hall–Kier alpha value is -2.00. The summed E-state index contributed by atoms with van der Waals surface area (Å²) in [5.74, 6) is -0.247. The van der Waals surface area contributed by atoms with Gasteiger partial charge in [0.2, 0.25) is 5.91 Å². The molecule has 1 amide bonds. The number of rotatable bonds is 3. The summed E-state index contributed by atoms with van der Waals surface area (Å²) in [4.78, 5) is 22.4. The maximum atomic E-state index is 11.6. The molecule has 0 saturated carbocycles. The third-order valence-electron chi connectivity index (χ3n) is 2.81. The van der Waals surface area contributed by atoms with Crippen LogP contribution in [0, 0.1) is 10.1 Å². The van der Waals surface area contributed by atoms with Crippen LogP contribution in [0.4, 0.5) is 11.4 Å². The molecule has 0 spiro atoms. The van der Waals surface area contributed by atoms with Crippen molar-refractivity contribution in [3.63, 3.8) is 0 Å². The Morgan fingerprint density at radius 1 is 1.37 bits per heavy atom. The van der Waals surface area contributed by atoms with E-state index in [1.165, 1.54) is 4.90 Å². The Bertz CT molecular complexity index is 654. The summed E-state index contributed by atoms with van der Waals surface area (Å²) in [7, 11) is -4.52. The molecule has 0 aliphatic carbocycles. The first kappa shape index (κ1) is 13.4. The molecule has 0 bridgehead atoms. The van der Waals surface area contributed by atoms with Crippen molar-refractivity contribution in [3.8, 4) is 0 Å². The molecular weight excluding hydrogens is 276 g/mol. The molecule has 8 nitrogen and oxygen atoms in total. The largest absolute Gasteiger partial charge is 0.306 e. The van der Waals surface area contributed by atoms with Crippen molar-refractivity contribution >= 4 is 27.4 Å². The quantitative estimate of drug-likeness (QED) is 0.502. The minimum Gasteiger partial charge on any atom is -0.306 e. The van der Waals surface area contributed by atoms with E-state index in [0.717, 1.165) is 18.2 Å². The highest BCUT2D eigenvalue weighted by Crippen LogP contribution is 2.33. The molecule has 9 heteroatoms. The van der Waals surface area contributed by atoms with Crippen LogP contribution in [-0.2, 0) is 14.9 Å². The predicted molar refractivity (Wildman–Crippen MR) is 64.5 cm³/mol. The fourth-order valence-electron chi connectivity index (χ4n) is 1.94. The third-order valence-corrected chi connectivity index (χ3v) is 3.66. The number of anilines is 1. The average molecular weight is 286 g/mol. The van der Waals surface area contributed by atoms with Crippen molar-refractivity contribution in [1.82, 2.24) is 0 Å². The highest BCUT2D eigenvalue weighted by Gasteiger charge is 2.29. The van der Waals surface area contributed by atoms with Crippen LogP contribution in [0.25, 0.3) is 0 Å². The zero-order valence-corrected chi connectivity index (χ0v) is 10.5. The van der Waals surface area contributed by atoms with Gasteiger partial charge in [0.1, 0.15) is 10.6 Å².